The number of rotatable bonds is 0. The van der Waals surface area contributed by atoms with Gasteiger partial charge < -0.3 is 0 Å². The third kappa shape index (κ3) is 2.42. The van der Waals surface area contributed by atoms with Gasteiger partial charge in [0.1, 0.15) is 0 Å². The molecule has 0 aromatic heterocycles. The zero-order chi connectivity index (χ0) is 23.3. The average molecular weight is 478 g/mol. The van der Waals surface area contributed by atoms with E-state index in [0.717, 1.165) is 36.4 Å². The third-order valence-corrected chi connectivity index (χ3v) is 9.34. The molecule has 4 rings (SSSR count). The molecular formula is C18H12F9O3P. The van der Waals surface area contributed by atoms with E-state index in [-0.39, 0.29) is 0 Å². The molecule has 0 unspecified atom stereocenters. The second kappa shape index (κ2) is 5.72. The van der Waals surface area contributed by atoms with Crippen molar-refractivity contribution in [1.82, 2.24) is 0 Å². The zero-order valence-electron chi connectivity index (χ0n) is 15.2. The van der Waals surface area contributed by atoms with Crippen LogP contribution in [0.4, 0.5) is 39.5 Å². The summed E-state index contributed by atoms with van der Waals surface area (Å²) in [6.45, 7) is 0.413. The van der Waals surface area contributed by atoms with Crippen molar-refractivity contribution in [3.8, 4) is 0 Å². The molecule has 0 amide bonds. The van der Waals surface area contributed by atoms with Crippen LogP contribution in [-0.4, -0.2) is 23.4 Å². The van der Waals surface area contributed by atoms with Gasteiger partial charge in [-0.25, -0.2) is 0 Å². The molecule has 1 N–H and O–H groups in total. The number of fused-ring (bicyclic) bond motifs is 4. The summed E-state index contributed by atoms with van der Waals surface area (Å²) < 4.78 is 135. The molecule has 0 saturated carbocycles. The van der Waals surface area contributed by atoms with Crippen LogP contribution in [0.2, 0.25) is 0 Å². The van der Waals surface area contributed by atoms with Gasteiger partial charge in [-0.05, 0) is 0 Å². The average Bonchev–Trinajstić information content (AvgIpc) is 3.01. The fraction of sp³-hybridized carbons (Fsp3) is 0.333. The molecule has 2 heterocycles. The Balaban J connectivity index is 2.17. The molecule has 0 radical (unpaired) electrons. The van der Waals surface area contributed by atoms with Crippen LogP contribution in [0.3, 0.4) is 0 Å². The van der Waals surface area contributed by atoms with Crippen LogP contribution >= 0.6 is 7.28 Å². The predicted molar refractivity (Wildman–Crippen MR) is 90.7 cm³/mol. The van der Waals surface area contributed by atoms with E-state index in [2.05, 4.69) is 4.52 Å². The van der Waals surface area contributed by atoms with Gasteiger partial charge in [0.15, 0.2) is 0 Å². The standard InChI is InChI=1S/C18H12F9O3P/c1-14(16(19,20)21)10-6-2-4-8-12(10)31(28,29-14)13-9-5-3-7-11(13)15(30-31,17(22,23)24)18(25,26)27/h2-9,28H,1H3/t14-/m0/s1. The van der Waals surface area contributed by atoms with Crippen molar-refractivity contribution in [3.63, 3.8) is 0 Å². The first-order valence-electron chi connectivity index (χ1n) is 8.53. The van der Waals surface area contributed by atoms with Gasteiger partial charge in [-0.1, -0.05) is 0 Å². The second-order valence-electron chi connectivity index (χ2n) is 7.34. The molecule has 1 atom stereocenters. The van der Waals surface area contributed by atoms with Crippen LogP contribution < -0.4 is 10.6 Å². The van der Waals surface area contributed by atoms with Crippen molar-refractivity contribution in [2.24, 2.45) is 0 Å². The Morgan fingerprint density at radius 1 is 0.677 bits per heavy atom. The molecular weight excluding hydrogens is 466 g/mol. The predicted octanol–water partition coefficient (Wildman–Crippen LogP) is 5.09. The Hall–Kier alpha value is -1.88. The first-order valence-corrected chi connectivity index (χ1v) is 10.6. The molecule has 170 valence electrons. The van der Waals surface area contributed by atoms with Crippen molar-refractivity contribution >= 4 is 17.9 Å². The fourth-order valence-corrected chi connectivity index (χ4v) is 8.60. The van der Waals surface area contributed by atoms with Crippen LogP contribution in [0.5, 0.6) is 0 Å². The number of hydrogen-bond donors (Lipinski definition) is 1. The number of alkyl halides is 9. The molecule has 0 fully saturated rings. The summed E-state index contributed by atoms with van der Waals surface area (Å²) in [5.41, 5.74) is -10.9. The summed E-state index contributed by atoms with van der Waals surface area (Å²) in [5.74, 6) is 0. The zero-order valence-corrected chi connectivity index (χ0v) is 16.1. The number of halogens is 9. The first-order chi connectivity index (χ1) is 13.9. The van der Waals surface area contributed by atoms with Crippen LogP contribution in [0.25, 0.3) is 0 Å². The van der Waals surface area contributed by atoms with E-state index in [0.29, 0.717) is 19.1 Å². The molecule has 13 heteroatoms. The summed E-state index contributed by atoms with van der Waals surface area (Å²) in [5, 5.41) is -2.03. The van der Waals surface area contributed by atoms with Crippen LogP contribution in [0, 0.1) is 0 Å². The van der Waals surface area contributed by atoms with Gasteiger partial charge >= 0.3 is 168 Å². The Bertz CT molecular complexity index is 1070. The summed E-state index contributed by atoms with van der Waals surface area (Å²) in [4.78, 5) is 11.6. The van der Waals surface area contributed by atoms with Crippen molar-refractivity contribution in [3.05, 3.63) is 59.7 Å². The number of benzene rings is 2. The quantitative estimate of drug-likeness (QED) is 0.424. The van der Waals surface area contributed by atoms with Gasteiger partial charge in [0.2, 0.25) is 0 Å². The van der Waals surface area contributed by atoms with E-state index >= 15 is 0 Å². The maximum absolute atomic E-state index is 14.0. The van der Waals surface area contributed by atoms with E-state index in [4.69, 9.17) is 4.52 Å². The molecule has 0 saturated heterocycles. The van der Waals surface area contributed by atoms with Crippen molar-refractivity contribution < 1.29 is 53.5 Å². The van der Waals surface area contributed by atoms with E-state index < -0.39 is 58.8 Å². The molecule has 2 aromatic carbocycles. The van der Waals surface area contributed by atoms with Crippen LogP contribution in [0.15, 0.2) is 48.5 Å². The SMILES string of the molecule is C[C@]1(C(F)(F)F)OP2(O)(OC(C(F)(F)F)(C(F)(F)F)c3ccccc32)c2ccccc21. The summed E-state index contributed by atoms with van der Waals surface area (Å²) in [6.07, 6.45) is -17.7. The van der Waals surface area contributed by atoms with Gasteiger partial charge in [-0.3, -0.25) is 0 Å². The maximum atomic E-state index is 14.0. The van der Waals surface area contributed by atoms with Crippen LogP contribution in [0.1, 0.15) is 18.1 Å². The molecule has 3 nitrogen and oxygen atoms in total. The van der Waals surface area contributed by atoms with Gasteiger partial charge in [0.25, 0.3) is 0 Å². The van der Waals surface area contributed by atoms with E-state index in [1.54, 1.807) is 0 Å². The van der Waals surface area contributed by atoms with E-state index in [9.17, 15) is 44.4 Å². The van der Waals surface area contributed by atoms with Gasteiger partial charge in [0, 0.05) is 0 Å². The van der Waals surface area contributed by atoms with E-state index in [1.807, 2.05) is 0 Å². The minimum absolute atomic E-state index is 0.406. The normalized spacial score (nSPS) is 27.4. The Morgan fingerprint density at radius 2 is 1.10 bits per heavy atom. The van der Waals surface area contributed by atoms with Gasteiger partial charge in [0.05, 0.1) is 0 Å². The van der Waals surface area contributed by atoms with E-state index in [1.165, 1.54) is 0 Å². The fourth-order valence-electron chi connectivity index (χ4n) is 4.15. The summed E-state index contributed by atoms with van der Waals surface area (Å²) in [6, 6.07) is 6.61. The Labute approximate surface area is 168 Å². The molecule has 0 aliphatic carbocycles. The molecule has 2 aliphatic heterocycles. The van der Waals surface area contributed by atoms with Gasteiger partial charge in [-0.2, -0.15) is 0 Å². The molecule has 31 heavy (non-hydrogen) atoms. The van der Waals surface area contributed by atoms with Crippen molar-refractivity contribution in [1.29, 1.82) is 0 Å². The molecule has 2 aromatic rings. The molecule has 0 bridgehead atoms. The summed E-state index contributed by atoms with van der Waals surface area (Å²) >= 11 is 0. The summed E-state index contributed by atoms with van der Waals surface area (Å²) in [7, 11) is -6.59. The third-order valence-electron chi connectivity index (χ3n) is 5.55. The second-order valence-corrected chi connectivity index (χ2v) is 10.5. The molecule has 2 aliphatic rings. The molecule has 1 spiro atoms. The number of hydrogen-bond acceptors (Lipinski definition) is 3. The van der Waals surface area contributed by atoms with Gasteiger partial charge in [-0.15, -0.1) is 0 Å². The Morgan fingerprint density at radius 3 is 1.55 bits per heavy atom. The minimum atomic E-state index is -6.59. The topological polar surface area (TPSA) is 38.7 Å². The monoisotopic (exact) mass is 478 g/mol. The Kier molecular flexibility index (Phi) is 4.12. The van der Waals surface area contributed by atoms with Crippen LogP contribution in [-0.2, 0) is 20.2 Å². The first kappa shape index (κ1) is 22.3. The van der Waals surface area contributed by atoms with Crippen molar-refractivity contribution in [2.75, 3.05) is 0 Å². The van der Waals surface area contributed by atoms with Crippen molar-refractivity contribution in [2.45, 2.75) is 36.7 Å².